The van der Waals surface area contributed by atoms with Crippen LogP contribution in [-0.4, -0.2) is 45.8 Å². The van der Waals surface area contributed by atoms with Gasteiger partial charge < -0.3 is 9.88 Å². The Morgan fingerprint density at radius 3 is 2.90 bits per heavy atom. The van der Waals surface area contributed by atoms with Crippen molar-refractivity contribution in [2.75, 3.05) is 16.8 Å². The summed E-state index contributed by atoms with van der Waals surface area (Å²) in [5.41, 5.74) is 0.0382. The van der Waals surface area contributed by atoms with E-state index in [1.54, 1.807) is 17.6 Å². The minimum absolute atomic E-state index is 0.0382. The normalized spacial score (nSPS) is 19.1. The second kappa shape index (κ2) is 8.85. The number of allylic oxidation sites excluding steroid dienone is 1. The molecule has 1 saturated heterocycles. The number of aromatic nitrogens is 3. The summed E-state index contributed by atoms with van der Waals surface area (Å²) in [6, 6.07) is 4.00. The number of benzene rings is 1. The molecule has 0 radical (unpaired) electrons. The Balaban J connectivity index is 1.75. The maximum absolute atomic E-state index is 13.9. The Bertz CT molecular complexity index is 1040. The van der Waals surface area contributed by atoms with Crippen molar-refractivity contribution in [1.82, 2.24) is 14.8 Å². The van der Waals surface area contributed by atoms with E-state index in [1.165, 1.54) is 12.1 Å². The second-order valence-corrected chi connectivity index (χ2v) is 10.7. The first kappa shape index (κ1) is 21.8. The highest BCUT2D eigenvalue weighted by Gasteiger charge is 2.33. The minimum atomic E-state index is -3.07. The molecule has 29 heavy (non-hydrogen) atoms. The largest absolute Gasteiger partial charge is 0.323 e. The van der Waals surface area contributed by atoms with Crippen molar-refractivity contribution >= 4 is 44.8 Å². The molecule has 1 fully saturated rings. The summed E-state index contributed by atoms with van der Waals surface area (Å²) in [7, 11) is -3.07. The molecule has 1 N–H and O–H groups in total. The number of carbonyl (C=O) groups excluding carboxylic acids is 1. The van der Waals surface area contributed by atoms with Gasteiger partial charge in [-0.05, 0) is 31.5 Å². The molecule has 2 heterocycles. The van der Waals surface area contributed by atoms with E-state index in [4.69, 9.17) is 11.6 Å². The van der Waals surface area contributed by atoms with Crippen LogP contribution in [0.5, 0.6) is 0 Å². The average Bonchev–Trinajstić information content (AvgIpc) is 3.20. The Morgan fingerprint density at radius 2 is 2.28 bits per heavy atom. The van der Waals surface area contributed by atoms with E-state index >= 15 is 0 Å². The summed E-state index contributed by atoms with van der Waals surface area (Å²) in [5, 5.41) is 11.0. The van der Waals surface area contributed by atoms with E-state index in [1.807, 2.05) is 0 Å². The van der Waals surface area contributed by atoms with Gasteiger partial charge in [-0.25, -0.2) is 12.8 Å². The van der Waals surface area contributed by atoms with Gasteiger partial charge in [0.2, 0.25) is 5.91 Å². The first-order chi connectivity index (χ1) is 13.7. The molecule has 0 saturated carbocycles. The summed E-state index contributed by atoms with van der Waals surface area (Å²) in [4.78, 5) is 12.5. The van der Waals surface area contributed by atoms with Gasteiger partial charge in [-0.15, -0.1) is 16.8 Å². The smallest absolute Gasteiger partial charge is 0.237 e. The lowest BCUT2D eigenvalue weighted by molar-refractivity contribution is -0.115. The molecule has 1 aromatic carbocycles. The minimum Gasteiger partial charge on any atom is -0.323 e. The van der Waals surface area contributed by atoms with Crippen LogP contribution in [0.4, 0.5) is 10.1 Å². The Morgan fingerprint density at radius 1 is 1.52 bits per heavy atom. The zero-order valence-electron chi connectivity index (χ0n) is 15.6. The molecule has 3 rings (SSSR count). The van der Waals surface area contributed by atoms with Crippen molar-refractivity contribution in [3.63, 3.8) is 0 Å². The van der Waals surface area contributed by atoms with Crippen molar-refractivity contribution in [3.8, 4) is 0 Å². The number of nitrogens with one attached hydrogen (secondary N) is 1. The standard InChI is InChI=1S/C18H20ClFN4O3S2/c1-3-7-24-16(12-6-8-29(26,27)10-12)22-23-18(24)28-11(2)17(25)21-15-5-4-13(19)9-14(15)20/h3-5,9,11-12H,1,6-8,10H2,2H3,(H,21,25). The predicted octanol–water partition coefficient (Wildman–Crippen LogP) is 3.28. The number of hydrogen-bond donors (Lipinski definition) is 1. The molecule has 156 valence electrons. The lowest BCUT2D eigenvalue weighted by atomic mass is 10.1. The molecule has 2 atom stereocenters. The molecule has 1 aromatic heterocycles. The zero-order chi connectivity index (χ0) is 21.2. The number of sulfone groups is 1. The van der Waals surface area contributed by atoms with Crippen molar-refractivity contribution in [2.45, 2.75) is 36.2 Å². The van der Waals surface area contributed by atoms with Gasteiger partial charge in [-0.3, -0.25) is 4.79 Å². The van der Waals surface area contributed by atoms with Gasteiger partial charge in [0.25, 0.3) is 0 Å². The molecule has 0 aliphatic carbocycles. The van der Waals surface area contributed by atoms with Crippen molar-refractivity contribution < 1.29 is 17.6 Å². The first-order valence-electron chi connectivity index (χ1n) is 8.87. The molecule has 0 bridgehead atoms. The number of thioether (sulfide) groups is 1. The van der Waals surface area contributed by atoms with Gasteiger partial charge >= 0.3 is 0 Å². The molecule has 2 unspecified atom stereocenters. The van der Waals surface area contributed by atoms with Crippen LogP contribution in [0.25, 0.3) is 0 Å². The molecule has 7 nitrogen and oxygen atoms in total. The Labute approximate surface area is 177 Å². The van der Waals surface area contributed by atoms with Gasteiger partial charge in [0.05, 0.1) is 22.4 Å². The van der Waals surface area contributed by atoms with Gasteiger partial charge in [0.15, 0.2) is 15.0 Å². The monoisotopic (exact) mass is 458 g/mol. The van der Waals surface area contributed by atoms with Crippen molar-refractivity contribution in [2.24, 2.45) is 0 Å². The molecule has 11 heteroatoms. The van der Waals surface area contributed by atoms with Crippen LogP contribution >= 0.6 is 23.4 Å². The van der Waals surface area contributed by atoms with E-state index < -0.39 is 26.8 Å². The SMILES string of the molecule is C=CCn1c(SC(C)C(=O)Nc2ccc(Cl)cc2F)nnc1C1CCS(=O)(=O)C1. The highest BCUT2D eigenvalue weighted by atomic mass is 35.5. The van der Waals surface area contributed by atoms with Crippen LogP contribution in [0.1, 0.15) is 25.1 Å². The first-order valence-corrected chi connectivity index (χ1v) is 11.9. The van der Waals surface area contributed by atoms with Crippen LogP contribution in [0.3, 0.4) is 0 Å². The third-order valence-corrected chi connectivity index (χ3v) is 7.58. The number of nitrogens with zero attached hydrogens (tertiary/aromatic N) is 3. The lowest BCUT2D eigenvalue weighted by Crippen LogP contribution is -2.23. The predicted molar refractivity (Wildman–Crippen MR) is 112 cm³/mol. The van der Waals surface area contributed by atoms with Crippen LogP contribution in [0.15, 0.2) is 36.0 Å². The van der Waals surface area contributed by atoms with Crippen LogP contribution in [0.2, 0.25) is 5.02 Å². The molecule has 0 spiro atoms. The van der Waals surface area contributed by atoms with Crippen molar-refractivity contribution in [1.29, 1.82) is 0 Å². The fourth-order valence-corrected chi connectivity index (χ4v) is 5.79. The average molecular weight is 459 g/mol. The lowest BCUT2D eigenvalue weighted by Gasteiger charge is -2.14. The van der Waals surface area contributed by atoms with E-state index in [-0.39, 0.29) is 28.1 Å². The highest BCUT2D eigenvalue weighted by Crippen LogP contribution is 2.31. The number of anilines is 1. The van der Waals surface area contributed by atoms with E-state index in [0.717, 1.165) is 17.8 Å². The molecular weight excluding hydrogens is 439 g/mol. The maximum Gasteiger partial charge on any atom is 0.237 e. The number of rotatable bonds is 7. The summed E-state index contributed by atoms with van der Waals surface area (Å²) in [5.74, 6) is -0.512. The fraction of sp³-hybridized carbons (Fsp3) is 0.389. The molecule has 1 aliphatic rings. The van der Waals surface area contributed by atoms with Crippen LogP contribution < -0.4 is 5.32 Å². The third kappa shape index (κ3) is 5.18. The summed E-state index contributed by atoms with van der Waals surface area (Å²) in [6.07, 6.45) is 2.16. The van der Waals surface area contributed by atoms with Crippen molar-refractivity contribution in [3.05, 3.63) is 47.5 Å². The number of amides is 1. The van der Waals surface area contributed by atoms with E-state index in [0.29, 0.717) is 23.9 Å². The molecule has 1 aliphatic heterocycles. The van der Waals surface area contributed by atoms with Gasteiger partial charge in [-0.1, -0.05) is 29.4 Å². The molecule has 2 aromatic rings. The van der Waals surface area contributed by atoms with Gasteiger partial charge in [0, 0.05) is 17.5 Å². The van der Waals surface area contributed by atoms with Crippen LogP contribution in [-0.2, 0) is 21.2 Å². The topological polar surface area (TPSA) is 93.9 Å². The van der Waals surface area contributed by atoms with E-state index in [2.05, 4.69) is 22.1 Å². The number of halogens is 2. The van der Waals surface area contributed by atoms with Gasteiger partial charge in [0.1, 0.15) is 11.6 Å². The maximum atomic E-state index is 13.9. The van der Waals surface area contributed by atoms with E-state index in [9.17, 15) is 17.6 Å². The fourth-order valence-electron chi connectivity index (χ4n) is 3.03. The summed E-state index contributed by atoms with van der Waals surface area (Å²) >= 11 is 6.88. The molecule has 1 amide bonds. The Hall–Kier alpha value is -1.91. The third-order valence-electron chi connectivity index (χ3n) is 4.50. The number of carbonyl (C=O) groups is 1. The van der Waals surface area contributed by atoms with Crippen LogP contribution in [0, 0.1) is 5.82 Å². The summed E-state index contributed by atoms with van der Waals surface area (Å²) < 4.78 is 39.3. The second-order valence-electron chi connectivity index (χ2n) is 6.71. The summed E-state index contributed by atoms with van der Waals surface area (Å²) in [6.45, 7) is 5.78. The van der Waals surface area contributed by atoms with Gasteiger partial charge in [-0.2, -0.15) is 0 Å². The quantitative estimate of drug-likeness (QED) is 0.505. The molecular formula is C18H20ClFN4O3S2. The zero-order valence-corrected chi connectivity index (χ0v) is 18.0. The highest BCUT2D eigenvalue weighted by molar-refractivity contribution is 8.00. The Kier molecular flexibility index (Phi) is 6.65. The number of hydrogen-bond acceptors (Lipinski definition) is 6.